The first kappa shape index (κ1) is 12.4. The molecule has 0 saturated carbocycles. The average molecular weight is 235 g/mol. The van der Waals surface area contributed by atoms with Gasteiger partial charge in [-0.3, -0.25) is 4.79 Å². The molecule has 1 atom stereocenters. The molecule has 2 N–H and O–H groups in total. The molecule has 0 spiro atoms. The second kappa shape index (κ2) is 4.46. The quantitative estimate of drug-likeness (QED) is 0.612. The van der Waals surface area contributed by atoms with Crippen molar-refractivity contribution < 1.29 is 13.2 Å². The van der Waals surface area contributed by atoms with Gasteiger partial charge in [-0.15, -0.1) is 0 Å². The Morgan fingerprint density at radius 2 is 2.07 bits per heavy atom. The number of hydrogen-bond donors (Lipinski definition) is 2. The van der Waals surface area contributed by atoms with Crippen molar-refractivity contribution in [3.05, 3.63) is 0 Å². The van der Waals surface area contributed by atoms with Gasteiger partial charge in [0.15, 0.2) is 0 Å². The van der Waals surface area contributed by atoms with Crippen LogP contribution in [0.5, 0.6) is 0 Å². The van der Waals surface area contributed by atoms with E-state index in [9.17, 15) is 13.2 Å². The van der Waals surface area contributed by atoms with Crippen LogP contribution in [0.1, 0.15) is 6.92 Å². The van der Waals surface area contributed by atoms with E-state index in [0.29, 0.717) is 0 Å². The van der Waals surface area contributed by atoms with Crippen LogP contribution in [0.15, 0.2) is 0 Å². The summed E-state index contributed by atoms with van der Waals surface area (Å²) in [5, 5.41) is 3.05. The van der Waals surface area contributed by atoms with Gasteiger partial charge in [-0.2, -0.15) is 0 Å². The number of carbonyl (C=O) groups is 1. The van der Waals surface area contributed by atoms with Gasteiger partial charge in [0.2, 0.25) is 15.9 Å². The summed E-state index contributed by atoms with van der Waals surface area (Å²) in [5.41, 5.74) is 0. The van der Waals surface area contributed by atoms with E-state index in [0.717, 1.165) is 19.3 Å². The average Bonchev–Trinajstić information content (AvgIpc) is 1.96. The zero-order chi connectivity index (χ0) is 11.6. The van der Waals surface area contributed by atoms with Crippen molar-refractivity contribution in [3.63, 3.8) is 0 Å². The molecule has 7 heteroatoms. The summed E-state index contributed by atoms with van der Waals surface area (Å²) < 4.78 is 24.1. The lowest BCUT2D eigenvalue weighted by molar-refractivity contribution is -0.134. The van der Waals surface area contributed by atoms with E-state index >= 15 is 0 Å². The Morgan fingerprint density at radius 3 is 2.40 bits per heavy atom. The van der Waals surface area contributed by atoms with Crippen molar-refractivity contribution in [1.82, 2.24) is 14.9 Å². The van der Waals surface area contributed by atoms with Crippen LogP contribution in [0.4, 0.5) is 0 Å². The monoisotopic (exact) mass is 235 g/mol. The van der Waals surface area contributed by atoms with Crippen molar-refractivity contribution in [2.24, 2.45) is 0 Å². The molecule has 6 nitrogen and oxygen atoms in total. The fraction of sp³-hybridized carbons (Fsp3) is 0.875. The molecule has 1 fully saturated rings. The van der Waals surface area contributed by atoms with Gasteiger partial charge < -0.3 is 10.2 Å². The minimum absolute atomic E-state index is 0.182. The van der Waals surface area contributed by atoms with E-state index in [2.05, 4.69) is 10.0 Å². The molecule has 0 aromatic rings. The molecule has 1 unspecified atom stereocenters. The number of amides is 1. The van der Waals surface area contributed by atoms with E-state index in [1.165, 1.54) is 0 Å². The Kier molecular flexibility index (Phi) is 3.69. The number of rotatable bonds is 4. The maximum absolute atomic E-state index is 11.7. The lowest BCUT2D eigenvalue weighted by Gasteiger charge is -2.36. The van der Waals surface area contributed by atoms with E-state index < -0.39 is 16.1 Å². The molecule has 0 aliphatic carbocycles. The van der Waals surface area contributed by atoms with E-state index in [4.69, 9.17) is 0 Å². The summed E-state index contributed by atoms with van der Waals surface area (Å²) in [5.74, 6) is -0.202. The van der Waals surface area contributed by atoms with Crippen molar-refractivity contribution in [3.8, 4) is 0 Å². The minimum atomic E-state index is -3.33. The highest BCUT2D eigenvalue weighted by atomic mass is 32.2. The van der Waals surface area contributed by atoms with Crippen LogP contribution in [-0.4, -0.2) is 57.7 Å². The third-order valence-corrected chi connectivity index (χ3v) is 3.20. The van der Waals surface area contributed by atoms with E-state index in [-0.39, 0.29) is 11.9 Å². The molecule has 1 aliphatic rings. The van der Waals surface area contributed by atoms with Crippen LogP contribution in [0, 0.1) is 0 Å². The van der Waals surface area contributed by atoms with Crippen LogP contribution in [0.3, 0.4) is 0 Å². The highest BCUT2D eigenvalue weighted by molar-refractivity contribution is 7.88. The Morgan fingerprint density at radius 1 is 1.53 bits per heavy atom. The van der Waals surface area contributed by atoms with Crippen molar-refractivity contribution in [2.75, 3.05) is 26.4 Å². The lowest BCUT2D eigenvalue weighted by Crippen LogP contribution is -2.60. The number of likely N-dealkylation sites (N-methyl/N-ethyl adjacent to an activating group) is 1. The number of hydrogen-bond acceptors (Lipinski definition) is 4. The Balaban J connectivity index is 2.51. The van der Waals surface area contributed by atoms with E-state index in [1.54, 1.807) is 18.9 Å². The summed E-state index contributed by atoms with van der Waals surface area (Å²) in [6.45, 7) is 3.09. The van der Waals surface area contributed by atoms with Gasteiger partial charge in [0, 0.05) is 20.1 Å². The van der Waals surface area contributed by atoms with Gasteiger partial charge in [-0.25, -0.2) is 13.1 Å². The van der Waals surface area contributed by atoms with Crippen LogP contribution < -0.4 is 10.0 Å². The molecular formula is C8H17N3O3S. The summed E-state index contributed by atoms with van der Waals surface area (Å²) in [7, 11) is -1.64. The highest BCUT2D eigenvalue weighted by Gasteiger charge is 2.29. The molecule has 1 saturated heterocycles. The van der Waals surface area contributed by atoms with Crippen LogP contribution in [0.25, 0.3) is 0 Å². The maximum atomic E-state index is 11.7. The first-order valence-electron chi connectivity index (χ1n) is 4.76. The molecule has 1 amide bonds. The van der Waals surface area contributed by atoms with Gasteiger partial charge in [0.05, 0.1) is 18.3 Å². The zero-order valence-electron chi connectivity index (χ0n) is 9.15. The Labute approximate surface area is 90.1 Å². The second-order valence-corrected chi connectivity index (χ2v) is 5.65. The minimum Gasteiger partial charge on any atom is -0.339 e. The number of nitrogens with zero attached hydrogens (tertiary/aromatic N) is 1. The van der Waals surface area contributed by atoms with Crippen LogP contribution in [0.2, 0.25) is 0 Å². The number of carbonyl (C=O) groups excluding carboxylic acids is 1. The van der Waals surface area contributed by atoms with Crippen molar-refractivity contribution in [2.45, 2.75) is 19.0 Å². The molecule has 1 heterocycles. The van der Waals surface area contributed by atoms with Crippen LogP contribution in [-0.2, 0) is 14.8 Å². The molecule has 0 aromatic carbocycles. The third-order valence-electron chi connectivity index (χ3n) is 2.42. The highest BCUT2D eigenvalue weighted by Crippen LogP contribution is 2.04. The first-order valence-corrected chi connectivity index (χ1v) is 6.65. The molecule has 0 radical (unpaired) electrons. The molecule has 1 rings (SSSR count). The Hall–Kier alpha value is -0.660. The molecule has 15 heavy (non-hydrogen) atoms. The normalized spacial score (nSPS) is 19.4. The van der Waals surface area contributed by atoms with Gasteiger partial charge in [-0.05, 0) is 6.92 Å². The van der Waals surface area contributed by atoms with Crippen LogP contribution >= 0.6 is 0 Å². The van der Waals surface area contributed by atoms with Gasteiger partial charge in [0.25, 0.3) is 0 Å². The van der Waals surface area contributed by atoms with Gasteiger partial charge >= 0.3 is 0 Å². The number of nitrogens with one attached hydrogen (secondary N) is 2. The SMILES string of the molecule is CC(NS(C)(=O)=O)C(=O)N(C)C1CNC1. The smallest absolute Gasteiger partial charge is 0.240 e. The topological polar surface area (TPSA) is 78.5 Å². The molecule has 88 valence electrons. The standard InChI is InChI=1S/C8H17N3O3S/c1-6(10-15(3,13)14)8(12)11(2)7-4-9-5-7/h6-7,9-10H,4-5H2,1-3H3. The predicted molar refractivity (Wildman–Crippen MR) is 56.9 cm³/mol. The molecule has 1 aliphatic heterocycles. The van der Waals surface area contributed by atoms with Gasteiger partial charge in [-0.1, -0.05) is 0 Å². The number of sulfonamides is 1. The van der Waals surface area contributed by atoms with Gasteiger partial charge in [0.1, 0.15) is 0 Å². The summed E-state index contributed by atoms with van der Waals surface area (Å²) in [6, 6.07) is -0.521. The first-order chi connectivity index (χ1) is 6.81. The Bertz CT molecular complexity index is 337. The molecular weight excluding hydrogens is 218 g/mol. The summed E-state index contributed by atoms with van der Waals surface area (Å²) >= 11 is 0. The maximum Gasteiger partial charge on any atom is 0.240 e. The largest absolute Gasteiger partial charge is 0.339 e. The van der Waals surface area contributed by atoms with E-state index in [1.807, 2.05) is 0 Å². The summed E-state index contributed by atoms with van der Waals surface area (Å²) in [6.07, 6.45) is 1.04. The predicted octanol–water partition coefficient (Wildman–Crippen LogP) is -1.65. The van der Waals surface area contributed by atoms with Crippen molar-refractivity contribution >= 4 is 15.9 Å². The fourth-order valence-electron chi connectivity index (χ4n) is 1.40. The second-order valence-electron chi connectivity index (χ2n) is 3.87. The lowest BCUT2D eigenvalue weighted by atomic mass is 10.1. The fourth-order valence-corrected chi connectivity index (χ4v) is 2.15. The molecule has 0 aromatic heterocycles. The summed E-state index contributed by atoms with van der Waals surface area (Å²) in [4.78, 5) is 13.3. The molecule has 0 bridgehead atoms. The van der Waals surface area contributed by atoms with Crippen molar-refractivity contribution in [1.29, 1.82) is 0 Å². The third kappa shape index (κ3) is 3.44. The zero-order valence-corrected chi connectivity index (χ0v) is 9.97.